The Morgan fingerprint density at radius 2 is 0.505 bits per heavy atom. The number of carbonyl (C=O) groups is 4. The summed E-state index contributed by atoms with van der Waals surface area (Å²) in [7, 11) is -9.90. The monoisotopic (exact) mass is 1340 g/mol. The minimum Gasteiger partial charge on any atom is -0.462 e. The zero-order valence-electron chi connectivity index (χ0n) is 59.0. The fourth-order valence-corrected chi connectivity index (χ4v) is 12.6. The van der Waals surface area contributed by atoms with Crippen molar-refractivity contribution in [2.24, 2.45) is 5.92 Å². The van der Waals surface area contributed by atoms with Gasteiger partial charge in [-0.3, -0.25) is 37.3 Å². The van der Waals surface area contributed by atoms with Gasteiger partial charge in [-0.05, 0) is 31.6 Å². The minimum atomic E-state index is -4.95. The Bertz CT molecular complexity index is 1750. The van der Waals surface area contributed by atoms with Crippen LogP contribution in [0.1, 0.15) is 375 Å². The van der Waals surface area contributed by atoms with Crippen LogP contribution in [0.5, 0.6) is 0 Å². The molecule has 0 aliphatic carbocycles. The van der Waals surface area contributed by atoms with E-state index < -0.39 is 97.5 Å². The molecule has 5 atom stereocenters. The van der Waals surface area contributed by atoms with Crippen LogP contribution in [0, 0.1) is 5.92 Å². The molecule has 0 aromatic rings. The summed E-state index contributed by atoms with van der Waals surface area (Å²) in [6, 6.07) is 0. The van der Waals surface area contributed by atoms with E-state index in [0.717, 1.165) is 96.3 Å². The molecule has 0 bridgehead atoms. The van der Waals surface area contributed by atoms with E-state index in [-0.39, 0.29) is 25.7 Å². The van der Waals surface area contributed by atoms with Gasteiger partial charge in [-0.15, -0.1) is 0 Å². The van der Waals surface area contributed by atoms with E-state index >= 15 is 0 Å². The van der Waals surface area contributed by atoms with Gasteiger partial charge in [0.1, 0.15) is 19.3 Å². The number of aliphatic hydroxyl groups is 1. The zero-order valence-corrected chi connectivity index (χ0v) is 60.8. The number of phosphoric acid groups is 2. The Morgan fingerprint density at radius 3 is 0.747 bits per heavy atom. The van der Waals surface area contributed by atoms with Gasteiger partial charge in [0.05, 0.1) is 26.4 Å². The number of ether oxygens (including phenoxy) is 4. The number of esters is 4. The maximum atomic E-state index is 13.0. The molecule has 540 valence electrons. The molecule has 0 radical (unpaired) electrons. The smallest absolute Gasteiger partial charge is 0.462 e. The highest BCUT2D eigenvalue weighted by Gasteiger charge is 2.30. The number of unbranched alkanes of at least 4 members (excludes halogenated alkanes) is 44. The Balaban J connectivity index is 5.18. The molecule has 2 unspecified atom stereocenters. The normalized spacial score (nSPS) is 14.0. The van der Waals surface area contributed by atoms with Gasteiger partial charge in [0.15, 0.2) is 12.2 Å². The van der Waals surface area contributed by atoms with Crippen molar-refractivity contribution in [3.8, 4) is 0 Å². The van der Waals surface area contributed by atoms with Crippen molar-refractivity contribution >= 4 is 39.5 Å². The standard InChI is InChI=1S/C72H140O17P2/c1-6-9-12-15-18-21-23-25-27-29-31-33-35-37-40-46-51-56-70(75)83-61-67(88-71(76)57-52-47-41-38-36-34-32-30-28-26-24-22-19-16-13-10-7-2)63-86-90(78,79)84-59-66(73)60-85-91(80,81)87-64-68(62-82-69(74)55-50-45-39-20-17-14-11-8-3)89-72(77)58-53-48-43-42-44-49-54-65(4)5/h65-68,73H,6-64H2,1-5H3,(H,78,79)(H,80,81)/t66-,67-,68-/m1/s1. The van der Waals surface area contributed by atoms with Crippen molar-refractivity contribution in [2.75, 3.05) is 39.6 Å². The van der Waals surface area contributed by atoms with Gasteiger partial charge >= 0.3 is 39.5 Å². The summed E-state index contributed by atoms with van der Waals surface area (Å²) in [5.41, 5.74) is 0. The van der Waals surface area contributed by atoms with E-state index in [2.05, 4.69) is 34.6 Å². The third kappa shape index (κ3) is 66.5. The second kappa shape index (κ2) is 65.4. The second-order valence-corrected chi connectivity index (χ2v) is 29.4. The number of phosphoric ester groups is 2. The van der Waals surface area contributed by atoms with Gasteiger partial charge in [0.2, 0.25) is 0 Å². The van der Waals surface area contributed by atoms with Gasteiger partial charge in [-0.1, -0.05) is 324 Å². The van der Waals surface area contributed by atoms with Crippen molar-refractivity contribution < 1.29 is 80.2 Å². The van der Waals surface area contributed by atoms with Crippen LogP contribution in [0.25, 0.3) is 0 Å². The van der Waals surface area contributed by atoms with Gasteiger partial charge in [0.25, 0.3) is 0 Å². The van der Waals surface area contributed by atoms with Crippen LogP contribution in [-0.4, -0.2) is 96.7 Å². The first-order valence-corrected chi connectivity index (χ1v) is 40.6. The molecule has 0 fully saturated rings. The van der Waals surface area contributed by atoms with Gasteiger partial charge < -0.3 is 33.8 Å². The summed E-state index contributed by atoms with van der Waals surface area (Å²) in [6.07, 6.45) is 53.0. The summed E-state index contributed by atoms with van der Waals surface area (Å²) in [6.45, 7) is 7.14. The molecular formula is C72H140O17P2. The highest BCUT2D eigenvalue weighted by atomic mass is 31.2. The lowest BCUT2D eigenvalue weighted by atomic mass is 10.0. The Morgan fingerprint density at radius 1 is 0.297 bits per heavy atom. The molecule has 0 aliphatic rings. The summed E-state index contributed by atoms with van der Waals surface area (Å²) in [5.74, 6) is -1.46. The maximum absolute atomic E-state index is 13.0. The van der Waals surface area contributed by atoms with Gasteiger partial charge in [-0.25, -0.2) is 9.13 Å². The van der Waals surface area contributed by atoms with Crippen molar-refractivity contribution in [1.82, 2.24) is 0 Å². The van der Waals surface area contributed by atoms with E-state index in [0.29, 0.717) is 31.6 Å². The lowest BCUT2D eigenvalue weighted by molar-refractivity contribution is -0.161. The van der Waals surface area contributed by atoms with Crippen LogP contribution in [0.2, 0.25) is 0 Å². The van der Waals surface area contributed by atoms with Gasteiger partial charge in [0, 0.05) is 25.7 Å². The van der Waals surface area contributed by atoms with Crippen molar-refractivity contribution in [2.45, 2.75) is 393 Å². The summed E-state index contributed by atoms with van der Waals surface area (Å²) in [4.78, 5) is 72.5. The van der Waals surface area contributed by atoms with Crippen LogP contribution in [0.15, 0.2) is 0 Å². The average molecular weight is 1340 g/mol. The van der Waals surface area contributed by atoms with Crippen molar-refractivity contribution in [3.63, 3.8) is 0 Å². The Labute approximate surface area is 556 Å². The highest BCUT2D eigenvalue weighted by molar-refractivity contribution is 7.47. The van der Waals surface area contributed by atoms with E-state index in [1.54, 1.807) is 0 Å². The van der Waals surface area contributed by atoms with Crippen molar-refractivity contribution in [1.29, 1.82) is 0 Å². The molecular weight excluding hydrogens is 1200 g/mol. The Hall–Kier alpha value is -1.94. The van der Waals surface area contributed by atoms with Crippen LogP contribution < -0.4 is 0 Å². The first-order chi connectivity index (χ1) is 44.0. The molecule has 0 saturated carbocycles. The van der Waals surface area contributed by atoms with E-state index in [4.69, 9.17) is 37.0 Å². The lowest BCUT2D eigenvalue weighted by Crippen LogP contribution is -2.30. The predicted octanol–water partition coefficient (Wildman–Crippen LogP) is 20.9. The second-order valence-electron chi connectivity index (χ2n) is 26.5. The molecule has 0 aliphatic heterocycles. The minimum absolute atomic E-state index is 0.102. The van der Waals surface area contributed by atoms with Crippen LogP contribution >= 0.6 is 15.6 Å². The first kappa shape index (κ1) is 89.1. The van der Waals surface area contributed by atoms with E-state index in [1.165, 1.54) is 193 Å². The van der Waals surface area contributed by atoms with Crippen LogP contribution in [0.4, 0.5) is 0 Å². The molecule has 0 aromatic heterocycles. The lowest BCUT2D eigenvalue weighted by Gasteiger charge is -2.21. The largest absolute Gasteiger partial charge is 0.472 e. The number of hydrogen-bond acceptors (Lipinski definition) is 15. The summed E-state index contributed by atoms with van der Waals surface area (Å²) < 4.78 is 68.2. The number of rotatable bonds is 72. The summed E-state index contributed by atoms with van der Waals surface area (Å²) in [5, 5.41) is 10.6. The van der Waals surface area contributed by atoms with E-state index in [1.807, 2.05) is 0 Å². The molecule has 0 saturated heterocycles. The highest BCUT2D eigenvalue weighted by Crippen LogP contribution is 2.45. The fraction of sp³-hybridized carbons (Fsp3) is 0.944. The predicted molar refractivity (Wildman–Crippen MR) is 368 cm³/mol. The molecule has 19 heteroatoms. The SMILES string of the molecule is CCCCCCCCCCCCCCCCCCCC(=O)OC[C@H](COP(=O)(O)OC[C@@H](O)COP(=O)(O)OC[C@@H](COC(=O)CCCCCCCCCC)OC(=O)CCCCCCCCC(C)C)OC(=O)CCCCCCCCCCCCCCCCCCC. The third-order valence-electron chi connectivity index (χ3n) is 16.8. The number of aliphatic hydroxyl groups excluding tert-OH is 1. The molecule has 0 heterocycles. The molecule has 0 rings (SSSR count). The third-order valence-corrected chi connectivity index (χ3v) is 18.7. The fourth-order valence-electron chi connectivity index (χ4n) is 11.0. The van der Waals surface area contributed by atoms with Crippen LogP contribution in [0.3, 0.4) is 0 Å². The van der Waals surface area contributed by atoms with E-state index in [9.17, 15) is 43.2 Å². The number of hydrogen-bond donors (Lipinski definition) is 3. The molecule has 0 amide bonds. The molecule has 0 spiro atoms. The molecule has 3 N–H and O–H groups in total. The molecule has 91 heavy (non-hydrogen) atoms. The number of carbonyl (C=O) groups excluding carboxylic acids is 4. The summed E-state index contributed by atoms with van der Waals surface area (Å²) >= 11 is 0. The average Bonchev–Trinajstić information content (AvgIpc) is 3.33. The molecule has 17 nitrogen and oxygen atoms in total. The van der Waals surface area contributed by atoms with Crippen molar-refractivity contribution in [3.05, 3.63) is 0 Å². The van der Waals surface area contributed by atoms with Gasteiger partial charge in [-0.2, -0.15) is 0 Å². The molecule has 0 aromatic carbocycles. The first-order valence-electron chi connectivity index (χ1n) is 37.6. The maximum Gasteiger partial charge on any atom is 0.472 e. The van der Waals surface area contributed by atoms with Crippen LogP contribution in [-0.2, 0) is 65.4 Å². The zero-order chi connectivity index (χ0) is 67.0. The topological polar surface area (TPSA) is 237 Å². The quantitative estimate of drug-likeness (QED) is 0.0222. The Kier molecular flexibility index (Phi) is 64.0.